The quantitative estimate of drug-likeness (QED) is 0.592. The molecule has 1 amide bonds. The van der Waals surface area contributed by atoms with Crippen LogP contribution in [0.1, 0.15) is 24.0 Å². The number of ether oxygens (including phenoxy) is 1. The van der Waals surface area contributed by atoms with E-state index in [1.165, 1.54) is 11.1 Å². The van der Waals surface area contributed by atoms with Gasteiger partial charge >= 0.3 is 0 Å². The van der Waals surface area contributed by atoms with E-state index in [0.717, 1.165) is 0 Å². The van der Waals surface area contributed by atoms with Gasteiger partial charge < -0.3 is 19.1 Å². The molecule has 5 heterocycles. The maximum Gasteiger partial charge on any atom is 0.260 e. The number of hydrogen-bond acceptors (Lipinski definition) is 8. The van der Waals surface area contributed by atoms with Gasteiger partial charge in [-0.25, -0.2) is 14.4 Å². The number of nitriles is 1. The molecule has 2 aliphatic heterocycles. The second-order valence-electron chi connectivity index (χ2n) is 8.05. The third-order valence-corrected chi connectivity index (χ3v) is 6.01. The van der Waals surface area contributed by atoms with E-state index in [-0.39, 0.29) is 32.5 Å². The van der Waals surface area contributed by atoms with Gasteiger partial charge in [0.2, 0.25) is 5.95 Å². The van der Waals surface area contributed by atoms with Crippen LogP contribution in [0.4, 0.5) is 10.3 Å². The molecule has 0 N–H and O–H groups in total. The number of carbonyl (C=O) groups is 1. The van der Waals surface area contributed by atoms with Crippen molar-refractivity contribution < 1.29 is 13.9 Å². The van der Waals surface area contributed by atoms with Crippen molar-refractivity contribution in [2.24, 2.45) is 7.05 Å². The van der Waals surface area contributed by atoms with Crippen LogP contribution in [-0.2, 0) is 18.4 Å². The van der Waals surface area contributed by atoms with E-state index in [1.54, 1.807) is 23.3 Å². The molecule has 0 saturated carbocycles. The molecule has 32 heavy (non-hydrogen) atoms. The van der Waals surface area contributed by atoms with Crippen molar-refractivity contribution in [3.8, 4) is 11.8 Å². The molecule has 0 spiro atoms. The van der Waals surface area contributed by atoms with Crippen molar-refractivity contribution in [1.82, 2.24) is 29.4 Å². The minimum Gasteiger partial charge on any atom is -0.490 e. The number of hydrogen-bond donors (Lipinski definition) is 0. The predicted molar refractivity (Wildman–Crippen MR) is 111 cm³/mol. The highest BCUT2D eigenvalue weighted by Crippen LogP contribution is 2.33. The van der Waals surface area contributed by atoms with E-state index in [4.69, 9.17) is 4.74 Å². The van der Waals surface area contributed by atoms with Gasteiger partial charge in [0.25, 0.3) is 5.91 Å². The Bertz CT molecular complexity index is 1230. The first-order valence-corrected chi connectivity index (χ1v) is 10.4. The maximum atomic E-state index is 15.8. The highest BCUT2D eigenvalue weighted by molar-refractivity contribution is 5.85. The molecule has 11 heteroatoms. The van der Waals surface area contributed by atoms with Gasteiger partial charge in [0.05, 0.1) is 25.6 Å². The van der Waals surface area contributed by atoms with Crippen LogP contribution in [0, 0.1) is 11.3 Å². The van der Waals surface area contributed by atoms with Crippen LogP contribution < -0.4 is 9.64 Å². The fourth-order valence-electron chi connectivity index (χ4n) is 4.19. The molecular weight excluding hydrogens is 415 g/mol. The average Bonchev–Trinajstić information content (AvgIpc) is 3.04. The molecule has 1 fully saturated rings. The molecule has 0 atom stereocenters. The second-order valence-corrected chi connectivity index (χ2v) is 8.05. The fraction of sp³-hybridized carbons (Fsp3) is 0.429. The van der Waals surface area contributed by atoms with Crippen LogP contribution in [0.3, 0.4) is 0 Å². The highest BCUT2D eigenvalue weighted by atomic mass is 19.1. The predicted octanol–water partition coefficient (Wildman–Crippen LogP) is 1.36. The van der Waals surface area contributed by atoms with Crippen molar-refractivity contribution in [3.63, 3.8) is 0 Å². The molecule has 3 aromatic rings. The summed E-state index contributed by atoms with van der Waals surface area (Å²) in [7, 11) is 1.85. The normalized spacial score (nSPS) is 17.9. The number of rotatable bonds is 2. The zero-order valence-electron chi connectivity index (χ0n) is 17.5. The molecule has 0 unspecified atom stereocenters. The van der Waals surface area contributed by atoms with Crippen molar-refractivity contribution in [1.29, 1.82) is 5.26 Å². The number of nitrogens with zero attached hydrogens (tertiary/aromatic N) is 8. The Labute approximate surface area is 183 Å². The van der Waals surface area contributed by atoms with Crippen LogP contribution in [0.5, 0.6) is 5.75 Å². The standard InChI is InChI=1S/C21H21FN8O2/c1-28-13-26-16-11-25-20(27-18(16)28)29-4-2-21(22,3-5-29)19(31)30-6-7-32-17-14(8-23)9-24-10-15(17)12-30/h9-11,13H,2-7,12H2,1H3. The van der Waals surface area contributed by atoms with E-state index in [1.807, 2.05) is 18.0 Å². The summed E-state index contributed by atoms with van der Waals surface area (Å²) in [6, 6.07) is 2.04. The molecule has 164 valence electrons. The monoisotopic (exact) mass is 436 g/mol. The van der Waals surface area contributed by atoms with Gasteiger partial charge in [-0.05, 0) is 0 Å². The van der Waals surface area contributed by atoms with Crippen molar-refractivity contribution in [2.75, 3.05) is 31.1 Å². The van der Waals surface area contributed by atoms with Gasteiger partial charge in [-0.2, -0.15) is 10.2 Å². The summed E-state index contributed by atoms with van der Waals surface area (Å²) in [6.45, 7) is 1.25. The Morgan fingerprint density at radius 3 is 2.81 bits per heavy atom. The third-order valence-electron chi connectivity index (χ3n) is 6.01. The lowest BCUT2D eigenvalue weighted by Gasteiger charge is -2.37. The number of anilines is 1. The molecular formula is C21H21FN8O2. The average molecular weight is 436 g/mol. The van der Waals surface area contributed by atoms with Crippen molar-refractivity contribution in [2.45, 2.75) is 25.1 Å². The molecule has 2 aliphatic rings. The molecule has 0 aromatic carbocycles. The lowest BCUT2D eigenvalue weighted by atomic mass is 9.91. The SMILES string of the molecule is Cn1cnc2cnc(N3CCC(F)(C(=O)N4CCOc5c(C#N)cncc5C4)CC3)nc21. The first-order chi connectivity index (χ1) is 15.5. The van der Waals surface area contributed by atoms with Crippen LogP contribution in [0.25, 0.3) is 11.2 Å². The van der Waals surface area contributed by atoms with Crippen molar-refractivity contribution in [3.05, 3.63) is 36.0 Å². The summed E-state index contributed by atoms with van der Waals surface area (Å²) < 4.78 is 23.3. The summed E-state index contributed by atoms with van der Waals surface area (Å²) in [5.41, 5.74) is 0.342. The lowest BCUT2D eigenvalue weighted by molar-refractivity contribution is -0.146. The zero-order chi connectivity index (χ0) is 22.3. The van der Waals surface area contributed by atoms with E-state index < -0.39 is 11.6 Å². The number of aryl methyl sites for hydroxylation is 1. The molecule has 0 radical (unpaired) electrons. The van der Waals surface area contributed by atoms with Gasteiger partial charge in [-0.1, -0.05) is 0 Å². The minimum atomic E-state index is -1.97. The molecule has 0 aliphatic carbocycles. The Morgan fingerprint density at radius 1 is 1.22 bits per heavy atom. The number of fused-ring (bicyclic) bond motifs is 2. The maximum absolute atomic E-state index is 15.8. The number of aromatic nitrogens is 5. The van der Waals surface area contributed by atoms with Gasteiger partial charge in [0.15, 0.2) is 11.3 Å². The third kappa shape index (κ3) is 3.37. The first-order valence-electron chi connectivity index (χ1n) is 10.4. The summed E-state index contributed by atoms with van der Waals surface area (Å²) >= 11 is 0. The van der Waals surface area contributed by atoms with E-state index >= 15 is 4.39 Å². The fourth-order valence-corrected chi connectivity index (χ4v) is 4.19. The summed E-state index contributed by atoms with van der Waals surface area (Å²) in [4.78, 5) is 33.7. The smallest absolute Gasteiger partial charge is 0.260 e. The topological polar surface area (TPSA) is 113 Å². The van der Waals surface area contributed by atoms with Gasteiger partial charge in [-0.15, -0.1) is 0 Å². The van der Waals surface area contributed by atoms with E-state index in [9.17, 15) is 10.1 Å². The number of alkyl halides is 1. The molecule has 1 saturated heterocycles. The van der Waals surface area contributed by atoms with Gasteiger partial charge in [0, 0.05) is 50.9 Å². The Morgan fingerprint density at radius 2 is 2.03 bits per heavy atom. The Kier molecular flexibility index (Phi) is 4.84. The summed E-state index contributed by atoms with van der Waals surface area (Å²) in [5, 5.41) is 9.26. The largest absolute Gasteiger partial charge is 0.490 e. The van der Waals surface area contributed by atoms with Crippen LogP contribution in [0.2, 0.25) is 0 Å². The Hall–Kier alpha value is -3.81. The molecule has 3 aromatic heterocycles. The summed E-state index contributed by atoms with van der Waals surface area (Å²) in [5.74, 6) is 0.366. The number of amides is 1. The van der Waals surface area contributed by atoms with Gasteiger partial charge in [-0.3, -0.25) is 9.78 Å². The first kappa shape index (κ1) is 20.1. The number of halogens is 1. The molecule has 10 nitrogen and oxygen atoms in total. The molecule has 5 rings (SSSR count). The van der Waals surface area contributed by atoms with E-state index in [0.29, 0.717) is 47.1 Å². The number of carbonyl (C=O) groups excluding carboxylic acids is 1. The number of imidazole rings is 1. The zero-order valence-corrected chi connectivity index (χ0v) is 17.5. The van der Waals surface area contributed by atoms with E-state index in [2.05, 4.69) is 19.9 Å². The number of piperidine rings is 1. The minimum absolute atomic E-state index is 0.0410. The number of pyridine rings is 1. The van der Waals surface area contributed by atoms with Crippen molar-refractivity contribution >= 4 is 23.0 Å². The van der Waals surface area contributed by atoms with Crippen LogP contribution in [0.15, 0.2) is 24.9 Å². The molecule has 0 bridgehead atoms. The van der Waals surface area contributed by atoms with Crippen LogP contribution in [-0.4, -0.2) is 67.2 Å². The Balaban J connectivity index is 1.30. The van der Waals surface area contributed by atoms with Gasteiger partial charge in [0.1, 0.15) is 29.5 Å². The lowest BCUT2D eigenvalue weighted by Crippen LogP contribution is -2.53. The second kappa shape index (κ2) is 7.71. The summed E-state index contributed by atoms with van der Waals surface area (Å²) in [6.07, 6.45) is 6.38. The van der Waals surface area contributed by atoms with Crippen LogP contribution >= 0.6 is 0 Å². The highest BCUT2D eigenvalue weighted by Gasteiger charge is 2.45.